The molecule has 0 aliphatic heterocycles. The minimum Gasteiger partial charge on any atom is -0.466 e. The number of amides is 1. The van der Waals surface area contributed by atoms with Gasteiger partial charge in [-0.05, 0) is 33.1 Å². The summed E-state index contributed by atoms with van der Waals surface area (Å²) in [6.45, 7) is 6.74. The zero-order valence-electron chi connectivity index (χ0n) is 14.0. The van der Waals surface area contributed by atoms with Crippen molar-refractivity contribution in [3.05, 3.63) is 0 Å². The fraction of sp³-hybridized carbons (Fsp3) is 0.800. The summed E-state index contributed by atoms with van der Waals surface area (Å²) in [5.74, 6) is 0.911. The van der Waals surface area contributed by atoms with Crippen molar-refractivity contribution in [3.8, 4) is 0 Å². The first-order valence-corrected chi connectivity index (χ1v) is 8.12. The lowest BCUT2D eigenvalue weighted by atomic mass is 10.3. The number of rotatable bonds is 10. The first-order valence-electron chi connectivity index (χ1n) is 8.12. The summed E-state index contributed by atoms with van der Waals surface area (Å²) in [7, 11) is 0. The van der Waals surface area contributed by atoms with E-state index in [1.807, 2.05) is 6.92 Å². The van der Waals surface area contributed by atoms with E-state index in [0.29, 0.717) is 45.0 Å². The average Bonchev–Trinajstić information content (AvgIpc) is 3.32. The van der Waals surface area contributed by atoms with Crippen LogP contribution in [0.4, 0.5) is 0 Å². The number of halogens is 1. The van der Waals surface area contributed by atoms with Gasteiger partial charge in [0.05, 0.1) is 6.61 Å². The molecule has 1 aliphatic carbocycles. The van der Waals surface area contributed by atoms with Crippen LogP contribution >= 0.6 is 24.0 Å². The fourth-order valence-corrected chi connectivity index (χ4v) is 1.85. The van der Waals surface area contributed by atoms with Crippen molar-refractivity contribution >= 4 is 41.8 Å². The van der Waals surface area contributed by atoms with Crippen molar-refractivity contribution in [2.24, 2.45) is 10.9 Å². The molecule has 0 radical (unpaired) electrons. The van der Waals surface area contributed by atoms with Gasteiger partial charge in [-0.2, -0.15) is 0 Å². The van der Waals surface area contributed by atoms with Crippen LogP contribution in [0.5, 0.6) is 0 Å². The fourth-order valence-electron chi connectivity index (χ4n) is 1.85. The third-order valence-corrected chi connectivity index (χ3v) is 3.12. The number of esters is 1. The number of hydrogen-bond acceptors (Lipinski definition) is 4. The number of carbonyl (C=O) groups is 2. The Morgan fingerprint density at radius 1 is 1.13 bits per heavy atom. The van der Waals surface area contributed by atoms with Gasteiger partial charge < -0.3 is 20.7 Å². The molecule has 0 saturated heterocycles. The third-order valence-electron chi connectivity index (χ3n) is 3.12. The highest BCUT2D eigenvalue weighted by molar-refractivity contribution is 14.0. The quantitative estimate of drug-likeness (QED) is 0.155. The van der Waals surface area contributed by atoms with Crippen LogP contribution in [0.15, 0.2) is 4.99 Å². The van der Waals surface area contributed by atoms with Crippen molar-refractivity contribution in [1.82, 2.24) is 16.0 Å². The summed E-state index contributed by atoms with van der Waals surface area (Å²) in [5.41, 5.74) is 0. The Balaban J connectivity index is 0.00000484. The van der Waals surface area contributed by atoms with E-state index < -0.39 is 0 Å². The minimum absolute atomic E-state index is 0. The molecule has 0 bridgehead atoms. The molecule has 1 aliphatic rings. The van der Waals surface area contributed by atoms with E-state index in [0.717, 1.165) is 19.4 Å². The molecule has 0 heterocycles. The number of ether oxygens (including phenoxy) is 1. The maximum absolute atomic E-state index is 11.5. The maximum atomic E-state index is 11.5. The lowest BCUT2D eigenvalue weighted by Crippen LogP contribution is -2.41. The number of hydrogen-bond donors (Lipinski definition) is 3. The zero-order chi connectivity index (χ0) is 16.2. The minimum atomic E-state index is -0.182. The van der Waals surface area contributed by atoms with Gasteiger partial charge in [0.2, 0.25) is 5.91 Å². The predicted molar refractivity (Wildman–Crippen MR) is 101 cm³/mol. The predicted octanol–water partition coefficient (Wildman–Crippen LogP) is 1.03. The normalized spacial score (nSPS) is 13.7. The molecule has 1 fully saturated rings. The van der Waals surface area contributed by atoms with E-state index in [1.54, 1.807) is 6.92 Å². The molecule has 0 aromatic rings. The molecular formula is C15H29IN4O3. The van der Waals surface area contributed by atoms with Crippen LogP contribution in [-0.4, -0.2) is 50.6 Å². The second-order valence-electron chi connectivity index (χ2n) is 5.16. The topological polar surface area (TPSA) is 91.8 Å². The van der Waals surface area contributed by atoms with Crippen molar-refractivity contribution in [2.45, 2.75) is 39.5 Å². The van der Waals surface area contributed by atoms with Gasteiger partial charge in [0.15, 0.2) is 5.96 Å². The summed E-state index contributed by atoms with van der Waals surface area (Å²) >= 11 is 0. The lowest BCUT2D eigenvalue weighted by molar-refractivity contribution is -0.143. The SMILES string of the molecule is CCNC(=NCCCC(=O)OCC)NCCNC(=O)C1CC1.I. The van der Waals surface area contributed by atoms with Crippen molar-refractivity contribution in [3.63, 3.8) is 0 Å². The van der Waals surface area contributed by atoms with Gasteiger partial charge in [-0.25, -0.2) is 0 Å². The summed E-state index contributed by atoms with van der Waals surface area (Å²) in [6.07, 6.45) is 3.08. The smallest absolute Gasteiger partial charge is 0.305 e. The van der Waals surface area contributed by atoms with Crippen molar-refractivity contribution < 1.29 is 14.3 Å². The average molecular weight is 440 g/mol. The molecule has 7 nitrogen and oxygen atoms in total. The molecule has 0 spiro atoms. The molecule has 0 unspecified atom stereocenters. The van der Waals surface area contributed by atoms with Crippen molar-refractivity contribution in [1.29, 1.82) is 0 Å². The highest BCUT2D eigenvalue weighted by Crippen LogP contribution is 2.28. The third kappa shape index (κ3) is 11.2. The van der Waals surface area contributed by atoms with Crippen LogP contribution in [0.2, 0.25) is 0 Å². The first-order chi connectivity index (χ1) is 10.7. The molecule has 1 rings (SSSR count). The van der Waals surface area contributed by atoms with Crippen LogP contribution in [0.3, 0.4) is 0 Å². The van der Waals surface area contributed by atoms with E-state index in [4.69, 9.17) is 4.74 Å². The van der Waals surface area contributed by atoms with Gasteiger partial charge in [-0.1, -0.05) is 0 Å². The molecule has 3 N–H and O–H groups in total. The Morgan fingerprint density at radius 3 is 2.43 bits per heavy atom. The van der Waals surface area contributed by atoms with Gasteiger partial charge in [0, 0.05) is 38.5 Å². The van der Waals surface area contributed by atoms with E-state index in [1.165, 1.54) is 0 Å². The van der Waals surface area contributed by atoms with Gasteiger partial charge in [-0.3, -0.25) is 14.6 Å². The summed E-state index contributed by atoms with van der Waals surface area (Å²) < 4.78 is 4.86. The Kier molecular flexibility index (Phi) is 12.8. The molecule has 0 aromatic heterocycles. The van der Waals surface area contributed by atoms with Crippen LogP contribution in [-0.2, 0) is 14.3 Å². The Hall–Kier alpha value is -1.06. The van der Waals surface area contributed by atoms with Crippen LogP contribution in [0.1, 0.15) is 39.5 Å². The Labute approximate surface area is 155 Å². The van der Waals surface area contributed by atoms with Crippen LogP contribution in [0.25, 0.3) is 0 Å². The van der Waals surface area contributed by atoms with E-state index in [-0.39, 0.29) is 41.8 Å². The molecule has 134 valence electrons. The molecule has 8 heteroatoms. The molecule has 1 amide bonds. The van der Waals surface area contributed by atoms with E-state index >= 15 is 0 Å². The van der Waals surface area contributed by atoms with Crippen molar-refractivity contribution in [2.75, 3.05) is 32.8 Å². The van der Waals surface area contributed by atoms with Crippen LogP contribution < -0.4 is 16.0 Å². The molecule has 0 aromatic carbocycles. The number of nitrogens with one attached hydrogen (secondary N) is 3. The van der Waals surface area contributed by atoms with Gasteiger partial charge in [0.25, 0.3) is 0 Å². The Bertz CT molecular complexity index is 387. The van der Waals surface area contributed by atoms with Crippen LogP contribution in [0, 0.1) is 5.92 Å². The zero-order valence-corrected chi connectivity index (χ0v) is 16.4. The summed E-state index contributed by atoms with van der Waals surface area (Å²) in [6, 6.07) is 0. The molecular weight excluding hydrogens is 411 g/mol. The largest absolute Gasteiger partial charge is 0.466 e. The maximum Gasteiger partial charge on any atom is 0.305 e. The highest BCUT2D eigenvalue weighted by Gasteiger charge is 2.28. The second-order valence-corrected chi connectivity index (χ2v) is 5.16. The Morgan fingerprint density at radius 2 is 1.83 bits per heavy atom. The number of guanidine groups is 1. The monoisotopic (exact) mass is 440 g/mol. The van der Waals surface area contributed by atoms with E-state index in [9.17, 15) is 9.59 Å². The van der Waals surface area contributed by atoms with Gasteiger partial charge >= 0.3 is 5.97 Å². The first kappa shape index (κ1) is 21.9. The number of aliphatic imine (C=N–C) groups is 1. The number of nitrogens with zero attached hydrogens (tertiary/aromatic N) is 1. The summed E-state index contributed by atoms with van der Waals surface area (Å²) in [4.78, 5) is 27.1. The molecule has 23 heavy (non-hydrogen) atoms. The molecule has 1 saturated carbocycles. The highest BCUT2D eigenvalue weighted by atomic mass is 127. The van der Waals surface area contributed by atoms with E-state index in [2.05, 4.69) is 20.9 Å². The standard InChI is InChI=1S/C15H28N4O3.HI/c1-3-16-15(18-9-5-6-13(20)22-4-2)19-11-10-17-14(21)12-7-8-12;/h12H,3-11H2,1-2H3,(H,17,21)(H2,16,18,19);1H. The lowest BCUT2D eigenvalue weighted by Gasteiger charge is -2.11. The van der Waals surface area contributed by atoms with Gasteiger partial charge in [0.1, 0.15) is 0 Å². The molecule has 0 atom stereocenters. The van der Waals surface area contributed by atoms with Gasteiger partial charge in [-0.15, -0.1) is 24.0 Å². The number of carbonyl (C=O) groups excluding carboxylic acids is 2. The summed E-state index contributed by atoms with van der Waals surface area (Å²) in [5, 5.41) is 9.18. The second kappa shape index (κ2) is 13.4.